The maximum Gasteiger partial charge on any atom is 0.124 e. The van der Waals surface area contributed by atoms with Gasteiger partial charge in [0.2, 0.25) is 0 Å². The van der Waals surface area contributed by atoms with E-state index in [1.165, 1.54) is 5.56 Å². The third-order valence-corrected chi connectivity index (χ3v) is 5.09. The molecule has 0 unspecified atom stereocenters. The minimum Gasteiger partial charge on any atom is -0.740 e. The van der Waals surface area contributed by atoms with Crippen molar-refractivity contribution >= 4 is 24.0 Å². The third kappa shape index (κ3) is 3.41. The Bertz CT molecular complexity index is 830. The van der Waals surface area contributed by atoms with E-state index in [1.54, 1.807) is 17.5 Å². The number of aromatic nitrogens is 3. The number of thiazole rings is 1. The molecule has 5 heteroatoms. The minimum absolute atomic E-state index is 0.156. The van der Waals surface area contributed by atoms with Crippen LogP contribution in [0, 0.1) is 6.92 Å². The Morgan fingerprint density at radius 2 is 1.70 bits per heavy atom. The molecule has 0 radical (unpaired) electrons. The van der Waals surface area contributed by atoms with Crippen molar-refractivity contribution in [3.63, 3.8) is 0 Å². The van der Waals surface area contributed by atoms with E-state index in [0.717, 1.165) is 26.8 Å². The number of nitrogens with zero attached hydrogens (tertiary/aromatic N) is 3. The van der Waals surface area contributed by atoms with Crippen LogP contribution in [-0.4, -0.2) is 15.0 Å². The Kier molecular flexibility index (Phi) is 4.17. The molecule has 0 aliphatic rings. The quantitative estimate of drug-likeness (QED) is 0.497. The molecule has 0 fully saturated rings. The maximum absolute atomic E-state index is 5.05. The van der Waals surface area contributed by atoms with Gasteiger partial charge in [0.05, 0.1) is 16.3 Å². The lowest BCUT2D eigenvalue weighted by atomic mass is 9.87. The van der Waals surface area contributed by atoms with Crippen LogP contribution >= 0.6 is 11.3 Å². The van der Waals surface area contributed by atoms with Crippen LogP contribution in [0.25, 0.3) is 21.1 Å². The molecule has 118 valence electrons. The zero-order chi connectivity index (χ0) is 16.6. The first-order valence-corrected chi connectivity index (χ1v) is 8.66. The molecule has 0 aliphatic heterocycles. The van der Waals surface area contributed by atoms with E-state index in [9.17, 15) is 0 Å². The summed E-state index contributed by atoms with van der Waals surface area (Å²) in [5, 5.41) is 1.37. The molecule has 23 heavy (non-hydrogen) atoms. The highest BCUT2D eigenvalue weighted by molar-refractivity contribution is 7.58. The lowest BCUT2D eigenvalue weighted by Crippen LogP contribution is -2.10. The molecule has 0 aliphatic carbocycles. The van der Waals surface area contributed by atoms with Crippen molar-refractivity contribution in [1.29, 1.82) is 0 Å². The second kappa shape index (κ2) is 5.98. The largest absolute Gasteiger partial charge is 0.740 e. The summed E-state index contributed by atoms with van der Waals surface area (Å²) in [5.41, 5.74) is 4.42. The van der Waals surface area contributed by atoms with Gasteiger partial charge < -0.3 is 12.6 Å². The fourth-order valence-corrected chi connectivity index (χ4v) is 3.54. The van der Waals surface area contributed by atoms with Crippen LogP contribution < -0.4 is 0 Å². The predicted molar refractivity (Wildman–Crippen MR) is 97.6 cm³/mol. The van der Waals surface area contributed by atoms with E-state index in [-0.39, 0.29) is 5.41 Å². The number of benzene rings is 1. The number of hydrogen-bond donors (Lipinski definition) is 0. The Labute approximate surface area is 146 Å². The maximum atomic E-state index is 5.05. The number of aryl methyl sites for hydroxylation is 1. The highest BCUT2D eigenvalue weighted by Gasteiger charge is 2.15. The molecular weight excluding hydrogens is 322 g/mol. The van der Waals surface area contributed by atoms with Gasteiger partial charge in [0.25, 0.3) is 0 Å². The van der Waals surface area contributed by atoms with E-state index in [1.807, 2.05) is 13.0 Å². The van der Waals surface area contributed by atoms with Gasteiger partial charge in [0.15, 0.2) is 0 Å². The summed E-state index contributed by atoms with van der Waals surface area (Å²) < 4.78 is 0. The van der Waals surface area contributed by atoms with Crippen molar-refractivity contribution in [3.8, 4) is 21.1 Å². The van der Waals surface area contributed by atoms with Crippen molar-refractivity contribution in [2.45, 2.75) is 38.3 Å². The Morgan fingerprint density at radius 1 is 1.00 bits per heavy atom. The second-order valence-corrected chi connectivity index (χ2v) is 7.85. The predicted octanol–water partition coefficient (Wildman–Crippen LogP) is 4.78. The molecule has 3 rings (SSSR count). The van der Waals surface area contributed by atoms with Crippen LogP contribution in [0.15, 0.2) is 41.7 Å². The highest BCUT2D eigenvalue weighted by atomic mass is 32.1. The molecule has 0 saturated carbocycles. The number of rotatable bonds is 2. The van der Waals surface area contributed by atoms with Crippen LogP contribution in [-0.2, 0) is 18.0 Å². The average Bonchev–Trinajstić information content (AvgIpc) is 2.88. The van der Waals surface area contributed by atoms with E-state index in [4.69, 9.17) is 17.6 Å². The minimum atomic E-state index is 0.156. The van der Waals surface area contributed by atoms with Gasteiger partial charge >= 0.3 is 0 Å². The molecule has 0 atom stereocenters. The van der Waals surface area contributed by atoms with Crippen LogP contribution in [0.1, 0.15) is 32.0 Å². The molecule has 2 aromatic heterocycles. The van der Waals surface area contributed by atoms with Gasteiger partial charge in [-0.05, 0) is 24.0 Å². The van der Waals surface area contributed by atoms with E-state index in [0.29, 0.717) is 5.16 Å². The van der Waals surface area contributed by atoms with E-state index < -0.39 is 0 Å². The van der Waals surface area contributed by atoms with Crippen molar-refractivity contribution in [1.82, 2.24) is 15.0 Å². The van der Waals surface area contributed by atoms with Gasteiger partial charge in [-0.15, -0.1) is 11.3 Å². The first-order chi connectivity index (χ1) is 10.8. The van der Waals surface area contributed by atoms with Gasteiger partial charge in [-0.1, -0.05) is 45.0 Å². The molecule has 3 nitrogen and oxygen atoms in total. The molecule has 0 bridgehead atoms. The Balaban J connectivity index is 1.98. The normalized spacial score (nSPS) is 11.7. The zero-order valence-corrected chi connectivity index (χ0v) is 15.3. The molecule has 0 saturated heterocycles. The van der Waals surface area contributed by atoms with Crippen LogP contribution in [0.5, 0.6) is 0 Å². The summed E-state index contributed by atoms with van der Waals surface area (Å²) in [5.74, 6) is 0. The summed E-state index contributed by atoms with van der Waals surface area (Å²) in [6.45, 7) is 8.66. The summed E-state index contributed by atoms with van der Waals surface area (Å²) in [4.78, 5) is 14.1. The molecular formula is C18H18N3S2-. The first-order valence-electron chi connectivity index (χ1n) is 7.43. The standard InChI is InChI=1S/C18H19N3S2/c1-11-15(14-9-10-19-17(22)21-14)23-16(20-11)12-5-7-13(8-6-12)18(2,3)4/h5-10H,1-4H3,(H,19,21,22)/p-1. The molecule has 0 spiro atoms. The topological polar surface area (TPSA) is 38.7 Å². The first kappa shape index (κ1) is 16.0. The second-order valence-electron chi connectivity index (χ2n) is 6.49. The fourth-order valence-electron chi connectivity index (χ4n) is 2.34. The van der Waals surface area contributed by atoms with Crippen LogP contribution in [0.3, 0.4) is 0 Å². The van der Waals surface area contributed by atoms with Crippen molar-refractivity contribution in [2.24, 2.45) is 0 Å². The van der Waals surface area contributed by atoms with Gasteiger partial charge in [-0.3, -0.25) is 9.97 Å². The summed E-state index contributed by atoms with van der Waals surface area (Å²) in [6.07, 6.45) is 1.70. The Morgan fingerprint density at radius 3 is 2.30 bits per heavy atom. The zero-order valence-electron chi connectivity index (χ0n) is 13.6. The molecule has 3 aromatic rings. The lowest BCUT2D eigenvalue weighted by molar-refractivity contribution is 0.590. The van der Waals surface area contributed by atoms with Crippen molar-refractivity contribution < 1.29 is 0 Å². The monoisotopic (exact) mass is 340 g/mol. The average molecular weight is 340 g/mol. The highest BCUT2D eigenvalue weighted by Crippen LogP contribution is 2.35. The van der Waals surface area contributed by atoms with E-state index in [2.05, 4.69) is 55.0 Å². The molecule has 2 heterocycles. The summed E-state index contributed by atoms with van der Waals surface area (Å²) in [6, 6.07) is 10.5. The van der Waals surface area contributed by atoms with Gasteiger partial charge in [-0.2, -0.15) is 0 Å². The van der Waals surface area contributed by atoms with E-state index >= 15 is 0 Å². The van der Waals surface area contributed by atoms with Gasteiger partial charge in [0, 0.05) is 16.9 Å². The summed E-state index contributed by atoms with van der Waals surface area (Å²) in [7, 11) is 0. The SMILES string of the molecule is Cc1nc(-c2ccc(C(C)(C)C)cc2)sc1-c1ccnc([S-])n1. The van der Waals surface area contributed by atoms with Gasteiger partial charge in [-0.25, -0.2) is 4.98 Å². The molecule has 0 amide bonds. The molecule has 0 N–H and O–H groups in total. The van der Waals surface area contributed by atoms with Crippen LogP contribution in [0.4, 0.5) is 0 Å². The number of hydrogen-bond acceptors (Lipinski definition) is 5. The molecule has 1 aromatic carbocycles. The Hall–Kier alpha value is -1.85. The fraction of sp³-hybridized carbons (Fsp3) is 0.278. The third-order valence-electron chi connectivity index (χ3n) is 3.66. The smallest absolute Gasteiger partial charge is 0.124 e. The lowest BCUT2D eigenvalue weighted by Gasteiger charge is -2.18. The van der Waals surface area contributed by atoms with Crippen LogP contribution in [0.2, 0.25) is 0 Å². The van der Waals surface area contributed by atoms with Crippen molar-refractivity contribution in [3.05, 3.63) is 47.8 Å². The summed E-state index contributed by atoms with van der Waals surface area (Å²) >= 11 is 6.69. The van der Waals surface area contributed by atoms with Crippen molar-refractivity contribution in [2.75, 3.05) is 0 Å². The van der Waals surface area contributed by atoms with Gasteiger partial charge in [0.1, 0.15) is 5.01 Å².